The third kappa shape index (κ3) is 8.25. The fourth-order valence-electron chi connectivity index (χ4n) is 4.48. The molecule has 0 saturated carbocycles. The average Bonchev–Trinajstić information content (AvgIpc) is 3.24. The van der Waals surface area contributed by atoms with Crippen LogP contribution in [0.1, 0.15) is 43.4 Å². The minimum Gasteiger partial charge on any atom is -0.450 e. The third-order valence-corrected chi connectivity index (χ3v) is 8.10. The largest absolute Gasteiger partial charge is 0.450 e. The highest BCUT2D eigenvalue weighted by Crippen LogP contribution is 2.40. The van der Waals surface area contributed by atoms with Gasteiger partial charge in [0, 0.05) is 17.7 Å². The van der Waals surface area contributed by atoms with Crippen LogP contribution in [0.5, 0.6) is 0 Å². The van der Waals surface area contributed by atoms with E-state index in [1.54, 1.807) is 0 Å². The third-order valence-electron chi connectivity index (χ3n) is 6.73. The number of rotatable bonds is 11. The van der Waals surface area contributed by atoms with Gasteiger partial charge >= 0.3 is 6.09 Å². The summed E-state index contributed by atoms with van der Waals surface area (Å²) in [6.07, 6.45) is 4.07. The lowest BCUT2D eigenvalue weighted by molar-refractivity contribution is -0.147. The molecule has 0 bridgehead atoms. The van der Waals surface area contributed by atoms with Crippen molar-refractivity contribution in [3.8, 4) is 12.3 Å². The minimum absolute atomic E-state index is 0.123. The second-order valence-corrected chi connectivity index (χ2v) is 11.7. The Hall–Kier alpha value is -3.48. The van der Waals surface area contributed by atoms with Crippen LogP contribution < -0.4 is 10.6 Å². The van der Waals surface area contributed by atoms with E-state index in [0.717, 1.165) is 16.7 Å². The fraction of sp³-hybridized carbons (Fsp3) is 0.433. The van der Waals surface area contributed by atoms with Crippen molar-refractivity contribution in [2.24, 2.45) is 0 Å². The zero-order valence-electron chi connectivity index (χ0n) is 22.7. The van der Waals surface area contributed by atoms with E-state index in [1.165, 1.54) is 16.7 Å². The Balaban J connectivity index is 1.74. The van der Waals surface area contributed by atoms with Gasteiger partial charge in [0.2, 0.25) is 5.91 Å². The van der Waals surface area contributed by atoms with Crippen LogP contribution in [0.4, 0.5) is 4.79 Å². The molecular weight excluding hydrogens is 514 g/mol. The number of aliphatic hydroxyl groups excluding tert-OH is 1. The summed E-state index contributed by atoms with van der Waals surface area (Å²) in [6.45, 7) is 6.24. The highest BCUT2D eigenvalue weighted by atomic mass is 32.2. The maximum atomic E-state index is 13.7. The van der Waals surface area contributed by atoms with Crippen LogP contribution in [-0.2, 0) is 27.3 Å². The van der Waals surface area contributed by atoms with E-state index < -0.39 is 34.9 Å². The number of benzene rings is 2. The first kappa shape index (κ1) is 30.1. The van der Waals surface area contributed by atoms with Crippen molar-refractivity contribution < 1.29 is 24.2 Å². The maximum Gasteiger partial charge on any atom is 0.407 e. The van der Waals surface area contributed by atoms with Crippen LogP contribution >= 0.6 is 11.8 Å². The normalized spacial score (nSPS) is 17.5. The van der Waals surface area contributed by atoms with Gasteiger partial charge in [-0.25, -0.2) is 4.79 Å². The first-order valence-electron chi connectivity index (χ1n) is 13.0. The summed E-state index contributed by atoms with van der Waals surface area (Å²) in [5, 5.41) is 16.9. The molecule has 1 aliphatic rings. The minimum atomic E-state index is -1.59. The van der Waals surface area contributed by atoms with Gasteiger partial charge in [-0.1, -0.05) is 54.6 Å². The van der Waals surface area contributed by atoms with E-state index in [9.17, 15) is 19.5 Å². The van der Waals surface area contributed by atoms with Crippen molar-refractivity contribution in [3.05, 3.63) is 71.3 Å². The van der Waals surface area contributed by atoms with Crippen LogP contribution in [0.3, 0.4) is 0 Å². The molecule has 0 radical (unpaired) electrons. The summed E-state index contributed by atoms with van der Waals surface area (Å²) in [5.74, 6) is 1.80. The summed E-state index contributed by atoms with van der Waals surface area (Å²) >= 11 is 1.46. The predicted octanol–water partition coefficient (Wildman–Crippen LogP) is 3.40. The molecule has 8 nitrogen and oxygen atoms in total. The van der Waals surface area contributed by atoms with E-state index in [-0.39, 0.29) is 24.8 Å². The number of aryl methyl sites for hydroxylation is 1. The Bertz CT molecular complexity index is 1180. The lowest BCUT2D eigenvalue weighted by atomic mass is 9.97. The van der Waals surface area contributed by atoms with Gasteiger partial charge in [0.1, 0.15) is 6.04 Å². The highest BCUT2D eigenvalue weighted by molar-refractivity contribution is 8.00. The van der Waals surface area contributed by atoms with Crippen molar-refractivity contribution in [1.29, 1.82) is 0 Å². The number of hydrogen-bond acceptors (Lipinski definition) is 6. The van der Waals surface area contributed by atoms with E-state index in [2.05, 4.69) is 16.6 Å². The lowest BCUT2D eigenvalue weighted by Crippen LogP contribution is -2.58. The number of nitrogens with one attached hydrogen (secondary N) is 2. The number of amides is 3. The van der Waals surface area contributed by atoms with Gasteiger partial charge in [-0.05, 0) is 50.3 Å². The summed E-state index contributed by atoms with van der Waals surface area (Å²) in [4.78, 5) is 40.9. The Morgan fingerprint density at radius 1 is 1.18 bits per heavy atom. The summed E-state index contributed by atoms with van der Waals surface area (Å²) < 4.78 is 4.61. The molecule has 3 unspecified atom stereocenters. The number of hydrogen-bond donors (Lipinski definition) is 3. The van der Waals surface area contributed by atoms with Gasteiger partial charge in [-0.15, -0.1) is 24.1 Å². The van der Waals surface area contributed by atoms with Crippen LogP contribution in [0.25, 0.3) is 0 Å². The lowest BCUT2D eigenvalue weighted by Gasteiger charge is -2.33. The van der Waals surface area contributed by atoms with Gasteiger partial charge < -0.3 is 25.4 Å². The second-order valence-electron chi connectivity index (χ2n) is 10.1. The first-order valence-corrected chi connectivity index (χ1v) is 14.0. The van der Waals surface area contributed by atoms with E-state index >= 15 is 0 Å². The SMILES string of the molecule is C#CCCCOC(=O)NC(Cc1ccccc1)C(O)C(=O)N1CSC(C)(C)C1C(=O)NCc1ccccc1C. The molecule has 0 spiro atoms. The quantitative estimate of drug-likeness (QED) is 0.292. The average molecular weight is 552 g/mol. The first-order chi connectivity index (χ1) is 18.6. The number of alkyl carbamates (subject to hydrolysis) is 1. The number of carbonyl (C=O) groups excluding carboxylic acids is 3. The summed E-state index contributed by atoms with van der Waals surface area (Å²) in [6, 6.07) is 15.2. The Morgan fingerprint density at radius 3 is 2.56 bits per heavy atom. The molecule has 1 saturated heterocycles. The Morgan fingerprint density at radius 2 is 1.87 bits per heavy atom. The number of unbranched alkanes of at least 4 members (excludes halogenated alkanes) is 1. The molecule has 0 aromatic heterocycles. The molecule has 1 fully saturated rings. The van der Waals surface area contributed by atoms with Crippen LogP contribution in [0, 0.1) is 19.3 Å². The number of aliphatic hydroxyl groups is 1. The van der Waals surface area contributed by atoms with Gasteiger partial charge in [-0.2, -0.15) is 0 Å². The molecule has 39 heavy (non-hydrogen) atoms. The Kier molecular flexibility index (Phi) is 10.8. The van der Waals surface area contributed by atoms with Crippen LogP contribution in [-0.4, -0.2) is 63.3 Å². The standard InChI is InChI=1S/C30H37N3O5S/c1-5-6-12-17-38-29(37)32-24(18-22-14-8-7-9-15-22)25(34)28(36)33-20-39-30(3,4)26(33)27(35)31-19-23-16-11-10-13-21(23)2/h1,7-11,13-16,24-26,34H,6,12,17-20H2,2-4H3,(H,31,35)(H,32,37). The fourth-order valence-corrected chi connectivity index (χ4v) is 5.62. The van der Waals surface area contributed by atoms with Gasteiger partial charge in [0.15, 0.2) is 6.10 Å². The number of nitrogens with zero attached hydrogens (tertiary/aromatic N) is 1. The molecule has 3 rings (SSSR count). The highest BCUT2D eigenvalue weighted by Gasteiger charge is 2.49. The topological polar surface area (TPSA) is 108 Å². The van der Waals surface area contributed by atoms with E-state index in [0.29, 0.717) is 19.4 Å². The van der Waals surface area contributed by atoms with Crippen molar-refractivity contribution >= 4 is 29.7 Å². The van der Waals surface area contributed by atoms with Crippen molar-refractivity contribution in [3.63, 3.8) is 0 Å². The second kappa shape index (κ2) is 14.1. The van der Waals surface area contributed by atoms with Crippen molar-refractivity contribution in [2.45, 2.75) is 69.5 Å². The monoisotopic (exact) mass is 551 g/mol. The van der Waals surface area contributed by atoms with Crippen molar-refractivity contribution in [2.75, 3.05) is 12.5 Å². The molecule has 9 heteroatoms. The number of ether oxygens (including phenoxy) is 1. The molecule has 2 aromatic carbocycles. The van der Waals surface area contributed by atoms with E-state index in [1.807, 2.05) is 75.4 Å². The Labute approximate surface area is 234 Å². The number of thioether (sulfide) groups is 1. The molecule has 1 aliphatic heterocycles. The van der Waals surface area contributed by atoms with Crippen LogP contribution in [0.2, 0.25) is 0 Å². The number of terminal acetylenes is 1. The van der Waals surface area contributed by atoms with Gasteiger partial charge in [-0.3, -0.25) is 9.59 Å². The predicted molar refractivity (Wildman–Crippen MR) is 153 cm³/mol. The summed E-state index contributed by atoms with van der Waals surface area (Å²) in [5.41, 5.74) is 2.87. The molecule has 3 N–H and O–H groups in total. The smallest absolute Gasteiger partial charge is 0.407 e. The molecule has 3 atom stereocenters. The summed E-state index contributed by atoms with van der Waals surface area (Å²) in [7, 11) is 0. The van der Waals surface area contributed by atoms with Crippen molar-refractivity contribution in [1.82, 2.24) is 15.5 Å². The molecular formula is C30H37N3O5S. The van der Waals surface area contributed by atoms with E-state index in [4.69, 9.17) is 11.2 Å². The zero-order chi connectivity index (χ0) is 28.4. The number of carbonyl (C=O) groups is 3. The molecule has 1 heterocycles. The molecule has 3 amide bonds. The molecule has 2 aromatic rings. The zero-order valence-corrected chi connectivity index (χ0v) is 23.5. The van der Waals surface area contributed by atoms with Gasteiger partial charge in [0.05, 0.1) is 18.5 Å². The van der Waals surface area contributed by atoms with Gasteiger partial charge in [0.25, 0.3) is 5.91 Å². The molecule has 208 valence electrons. The van der Waals surface area contributed by atoms with Crippen LogP contribution in [0.15, 0.2) is 54.6 Å². The maximum absolute atomic E-state index is 13.7. The molecule has 0 aliphatic carbocycles.